The first-order valence-electron chi connectivity index (χ1n) is 10.1. The normalized spacial score (nSPS) is 17.9. The van der Waals surface area contributed by atoms with E-state index in [1.165, 1.54) is 10.6 Å². The third kappa shape index (κ3) is 2.84. The van der Waals surface area contributed by atoms with Gasteiger partial charge in [-0.1, -0.05) is 13.8 Å². The molecule has 7 nitrogen and oxygen atoms in total. The number of hydrogen-bond donors (Lipinski definition) is 1. The molecule has 3 aliphatic rings. The van der Waals surface area contributed by atoms with Gasteiger partial charge >= 0.3 is 0 Å². The molecule has 1 amide bonds. The van der Waals surface area contributed by atoms with E-state index in [0.29, 0.717) is 22.8 Å². The molecule has 1 heterocycles. The molecular weight excluding hydrogens is 370 g/mol. The summed E-state index contributed by atoms with van der Waals surface area (Å²) in [6, 6.07) is 4.95. The molecule has 29 heavy (non-hydrogen) atoms. The first-order chi connectivity index (χ1) is 13.9. The van der Waals surface area contributed by atoms with Crippen molar-refractivity contribution in [2.24, 2.45) is 11.8 Å². The van der Waals surface area contributed by atoms with E-state index in [1.807, 2.05) is 13.8 Å². The van der Waals surface area contributed by atoms with E-state index in [-0.39, 0.29) is 40.8 Å². The van der Waals surface area contributed by atoms with Crippen molar-refractivity contribution in [1.29, 1.82) is 0 Å². The molecule has 3 aliphatic carbocycles. The Kier molecular flexibility index (Phi) is 3.84. The molecule has 0 atom stereocenters. The van der Waals surface area contributed by atoms with Crippen LogP contribution in [0.2, 0.25) is 0 Å². The number of imidazole rings is 1. The second-order valence-electron chi connectivity index (χ2n) is 8.45. The number of fused-ring (bicyclic) bond motifs is 3. The quantitative estimate of drug-likeness (QED) is 0.805. The van der Waals surface area contributed by atoms with Crippen LogP contribution in [-0.4, -0.2) is 32.9 Å². The summed E-state index contributed by atoms with van der Waals surface area (Å²) >= 11 is 0. The molecule has 5 rings (SSSR count). The molecule has 0 aliphatic heterocycles. The van der Waals surface area contributed by atoms with E-state index in [0.717, 1.165) is 25.7 Å². The minimum Gasteiger partial charge on any atom is -0.326 e. The van der Waals surface area contributed by atoms with Crippen LogP contribution in [0.3, 0.4) is 0 Å². The summed E-state index contributed by atoms with van der Waals surface area (Å²) in [5, 5.41) is 2.81. The van der Waals surface area contributed by atoms with Gasteiger partial charge in [0.15, 0.2) is 0 Å². The van der Waals surface area contributed by atoms with Crippen molar-refractivity contribution in [3.05, 3.63) is 35.3 Å². The Morgan fingerprint density at radius 1 is 1.03 bits per heavy atom. The molecule has 1 N–H and O–H groups in total. The zero-order chi connectivity index (χ0) is 20.4. The van der Waals surface area contributed by atoms with Crippen molar-refractivity contribution >= 4 is 29.1 Å². The number of nitrogens with one attached hydrogen (secondary N) is 1. The van der Waals surface area contributed by atoms with E-state index in [1.54, 1.807) is 12.1 Å². The zero-order valence-corrected chi connectivity index (χ0v) is 16.3. The van der Waals surface area contributed by atoms with Crippen LogP contribution in [-0.2, 0) is 4.79 Å². The summed E-state index contributed by atoms with van der Waals surface area (Å²) in [6.07, 6.45) is 3.35. The molecule has 0 unspecified atom stereocenters. The summed E-state index contributed by atoms with van der Waals surface area (Å²) in [7, 11) is 0. The van der Waals surface area contributed by atoms with Gasteiger partial charge in [0.05, 0.1) is 0 Å². The lowest BCUT2D eigenvalue weighted by molar-refractivity contribution is -0.117. The van der Waals surface area contributed by atoms with Crippen molar-refractivity contribution in [2.45, 2.75) is 45.4 Å². The second kappa shape index (κ2) is 6.20. The number of Topliss-reactive ketones (excluding diaryl/α,β-unsaturated/α-hetero) is 2. The molecule has 0 saturated heterocycles. The van der Waals surface area contributed by atoms with Gasteiger partial charge in [-0.3, -0.25) is 23.7 Å². The van der Waals surface area contributed by atoms with Crippen LogP contribution in [0.4, 0.5) is 5.69 Å². The topological polar surface area (TPSA) is 98.1 Å². The monoisotopic (exact) mass is 391 g/mol. The van der Waals surface area contributed by atoms with Crippen LogP contribution in [0, 0.1) is 11.8 Å². The summed E-state index contributed by atoms with van der Waals surface area (Å²) in [5.41, 5.74) is 1.69. The summed E-state index contributed by atoms with van der Waals surface area (Å²) in [6.45, 7) is 3.82. The number of aromatic nitrogens is 2. The minimum atomic E-state index is -0.716. The highest BCUT2D eigenvalue weighted by molar-refractivity contribution is 6.52. The minimum absolute atomic E-state index is 0.0349. The molecule has 0 bridgehead atoms. The van der Waals surface area contributed by atoms with Crippen molar-refractivity contribution < 1.29 is 19.2 Å². The van der Waals surface area contributed by atoms with E-state index in [4.69, 9.17) is 0 Å². The second-order valence-corrected chi connectivity index (χ2v) is 8.45. The molecule has 2 aromatic rings. The number of hydrogen-bond acceptors (Lipinski definition) is 5. The van der Waals surface area contributed by atoms with Crippen molar-refractivity contribution in [3.63, 3.8) is 0 Å². The third-order valence-corrected chi connectivity index (χ3v) is 5.72. The van der Waals surface area contributed by atoms with Gasteiger partial charge in [0.2, 0.25) is 17.6 Å². The molecule has 148 valence electrons. The van der Waals surface area contributed by atoms with Crippen molar-refractivity contribution in [3.8, 4) is 11.3 Å². The third-order valence-electron chi connectivity index (χ3n) is 5.72. The maximum absolute atomic E-state index is 13.0. The zero-order valence-electron chi connectivity index (χ0n) is 16.3. The standard InChI is InChI=1S/C22H21N3O4/c1-10(2)20-24-16-14-8-7-13(23-21(28)11-3-4-11)9-15(14)18(26)19(27)17(16)25(20)22(29)12-5-6-12/h7-12H,3-6H2,1-2H3,(H,23,28). The fraction of sp³-hybridized carbons (Fsp3) is 0.409. The summed E-state index contributed by atoms with van der Waals surface area (Å²) in [5.74, 6) is -1.25. The van der Waals surface area contributed by atoms with Crippen LogP contribution in [0.5, 0.6) is 0 Å². The van der Waals surface area contributed by atoms with Crippen LogP contribution < -0.4 is 5.32 Å². The SMILES string of the molecule is CC(C)c1nc2c(n1C(=O)C1CC1)C(=O)C(=O)c1cc(NC(=O)C3CC3)ccc1-2. The van der Waals surface area contributed by atoms with Gasteiger partial charge in [-0.05, 0) is 43.9 Å². The lowest BCUT2D eigenvalue weighted by Crippen LogP contribution is -2.28. The maximum Gasteiger partial charge on any atom is 0.252 e. The predicted octanol–water partition coefficient (Wildman–Crippen LogP) is 3.45. The Morgan fingerprint density at radius 3 is 2.34 bits per heavy atom. The molecule has 2 saturated carbocycles. The first kappa shape index (κ1) is 18.0. The molecule has 1 aromatic carbocycles. The number of nitrogens with zero attached hydrogens (tertiary/aromatic N) is 2. The highest BCUT2D eigenvalue weighted by atomic mass is 16.2. The van der Waals surface area contributed by atoms with Crippen LogP contribution in [0.1, 0.15) is 76.9 Å². The van der Waals surface area contributed by atoms with Crippen LogP contribution in [0.25, 0.3) is 11.3 Å². The van der Waals surface area contributed by atoms with Gasteiger partial charge in [0.25, 0.3) is 5.78 Å². The molecular formula is C22H21N3O4. The van der Waals surface area contributed by atoms with Crippen LogP contribution in [0.15, 0.2) is 18.2 Å². The fourth-order valence-corrected chi connectivity index (χ4v) is 3.79. The number of amides is 1. The molecule has 0 spiro atoms. The Bertz CT molecular complexity index is 1100. The highest BCUT2D eigenvalue weighted by Gasteiger charge is 2.41. The molecule has 1 aromatic heterocycles. The van der Waals surface area contributed by atoms with Gasteiger partial charge < -0.3 is 5.32 Å². The number of rotatable bonds is 4. The average molecular weight is 391 g/mol. The lowest BCUT2D eigenvalue weighted by atomic mass is 9.89. The molecule has 7 heteroatoms. The Labute approximate surface area is 167 Å². The first-order valence-corrected chi connectivity index (χ1v) is 10.1. The number of benzene rings is 1. The van der Waals surface area contributed by atoms with Gasteiger partial charge in [0, 0.05) is 34.6 Å². The maximum atomic E-state index is 13.0. The lowest BCUT2D eigenvalue weighted by Gasteiger charge is -2.17. The Hall–Kier alpha value is -3.09. The van der Waals surface area contributed by atoms with Gasteiger partial charge in [-0.25, -0.2) is 4.98 Å². The Morgan fingerprint density at radius 2 is 1.72 bits per heavy atom. The van der Waals surface area contributed by atoms with Gasteiger partial charge in [-0.15, -0.1) is 0 Å². The van der Waals surface area contributed by atoms with E-state index >= 15 is 0 Å². The van der Waals surface area contributed by atoms with Gasteiger partial charge in [0.1, 0.15) is 17.2 Å². The summed E-state index contributed by atoms with van der Waals surface area (Å²) in [4.78, 5) is 55.4. The number of anilines is 1. The fourth-order valence-electron chi connectivity index (χ4n) is 3.79. The van der Waals surface area contributed by atoms with Crippen molar-refractivity contribution in [1.82, 2.24) is 9.55 Å². The van der Waals surface area contributed by atoms with Gasteiger partial charge in [-0.2, -0.15) is 0 Å². The Balaban J connectivity index is 1.63. The highest BCUT2D eigenvalue weighted by Crippen LogP contribution is 2.39. The smallest absolute Gasteiger partial charge is 0.252 e. The number of carbonyl (C=O) groups excluding carboxylic acids is 4. The largest absolute Gasteiger partial charge is 0.326 e. The van der Waals surface area contributed by atoms with E-state index in [9.17, 15) is 19.2 Å². The summed E-state index contributed by atoms with van der Waals surface area (Å²) < 4.78 is 1.38. The average Bonchev–Trinajstić information content (AvgIpc) is 3.60. The number of ketones is 2. The predicted molar refractivity (Wildman–Crippen MR) is 105 cm³/mol. The molecule has 2 fully saturated rings. The van der Waals surface area contributed by atoms with E-state index < -0.39 is 11.6 Å². The molecule has 0 radical (unpaired) electrons. The van der Waals surface area contributed by atoms with Crippen molar-refractivity contribution in [2.75, 3.05) is 5.32 Å². The number of carbonyl (C=O) groups is 4. The van der Waals surface area contributed by atoms with E-state index in [2.05, 4.69) is 10.3 Å². The van der Waals surface area contributed by atoms with Crippen LogP contribution >= 0.6 is 0 Å².